The summed E-state index contributed by atoms with van der Waals surface area (Å²) >= 11 is 7.41. The Kier molecular flexibility index (Phi) is 7.37. The van der Waals surface area contributed by atoms with Gasteiger partial charge in [0.25, 0.3) is 0 Å². The Morgan fingerprint density at radius 2 is 1.45 bits per heavy atom. The van der Waals surface area contributed by atoms with E-state index in [9.17, 15) is 4.79 Å². The van der Waals surface area contributed by atoms with Crippen molar-refractivity contribution in [2.75, 3.05) is 5.75 Å². The molecule has 4 rings (SSSR count). The maximum Gasteiger partial charge on any atom is 0.230 e. The van der Waals surface area contributed by atoms with Crippen LogP contribution in [0, 0.1) is 13.8 Å². The zero-order chi connectivity index (χ0) is 23.2. The van der Waals surface area contributed by atoms with E-state index in [0.29, 0.717) is 22.4 Å². The highest BCUT2D eigenvalue weighted by Gasteiger charge is 2.15. The molecule has 0 unspecified atom stereocenters. The summed E-state index contributed by atoms with van der Waals surface area (Å²) in [6, 6.07) is 23.7. The molecule has 1 N–H and O–H groups in total. The van der Waals surface area contributed by atoms with E-state index in [4.69, 9.17) is 16.6 Å². The largest absolute Gasteiger partial charge is 0.351 e. The number of nitrogens with one attached hydrogen (secondary N) is 1. The number of aromatic nitrogens is 3. The van der Waals surface area contributed by atoms with Gasteiger partial charge in [-0.15, -0.1) is 10.2 Å². The molecule has 5 nitrogen and oxygen atoms in total. The van der Waals surface area contributed by atoms with Crippen LogP contribution in [0.15, 0.2) is 78.0 Å². The SMILES string of the molecule is Cc1ccc(-c2nnc(SCC(=O)NCc3ccccc3Cl)nc2-c2ccc(C)cc2)cc1. The fourth-order valence-corrected chi connectivity index (χ4v) is 4.03. The van der Waals surface area contributed by atoms with E-state index in [-0.39, 0.29) is 11.7 Å². The number of halogens is 1. The molecule has 7 heteroatoms. The first-order valence-electron chi connectivity index (χ1n) is 10.5. The van der Waals surface area contributed by atoms with Crippen LogP contribution in [0.2, 0.25) is 5.02 Å². The summed E-state index contributed by atoms with van der Waals surface area (Å²) in [6.07, 6.45) is 0. The maximum atomic E-state index is 12.4. The van der Waals surface area contributed by atoms with Crippen LogP contribution in [-0.4, -0.2) is 26.8 Å². The van der Waals surface area contributed by atoms with Gasteiger partial charge in [-0.3, -0.25) is 4.79 Å². The number of nitrogens with zero attached hydrogens (tertiary/aromatic N) is 3. The van der Waals surface area contributed by atoms with E-state index in [2.05, 4.69) is 15.5 Å². The van der Waals surface area contributed by atoms with Gasteiger partial charge in [-0.05, 0) is 25.5 Å². The molecule has 0 spiro atoms. The third-order valence-corrected chi connectivity index (χ3v) is 6.29. The van der Waals surface area contributed by atoms with Gasteiger partial charge in [0.05, 0.1) is 5.75 Å². The van der Waals surface area contributed by atoms with Crippen LogP contribution in [0.5, 0.6) is 0 Å². The summed E-state index contributed by atoms with van der Waals surface area (Å²) in [5.41, 5.74) is 6.58. The average Bonchev–Trinajstić information content (AvgIpc) is 2.83. The van der Waals surface area contributed by atoms with Crippen LogP contribution in [0.4, 0.5) is 0 Å². The highest BCUT2D eigenvalue weighted by molar-refractivity contribution is 7.99. The molecule has 33 heavy (non-hydrogen) atoms. The summed E-state index contributed by atoms with van der Waals surface area (Å²) in [4.78, 5) is 17.1. The summed E-state index contributed by atoms with van der Waals surface area (Å²) in [7, 11) is 0. The van der Waals surface area contributed by atoms with Crippen molar-refractivity contribution in [3.8, 4) is 22.5 Å². The minimum Gasteiger partial charge on any atom is -0.351 e. The molecule has 4 aromatic rings. The monoisotopic (exact) mass is 474 g/mol. The van der Waals surface area contributed by atoms with Gasteiger partial charge in [-0.1, -0.05) is 101 Å². The van der Waals surface area contributed by atoms with Crippen LogP contribution in [-0.2, 0) is 11.3 Å². The zero-order valence-electron chi connectivity index (χ0n) is 18.4. The predicted molar refractivity (Wildman–Crippen MR) is 134 cm³/mol. The lowest BCUT2D eigenvalue weighted by atomic mass is 10.0. The van der Waals surface area contributed by atoms with Crippen molar-refractivity contribution in [1.29, 1.82) is 0 Å². The van der Waals surface area contributed by atoms with Gasteiger partial charge in [0.15, 0.2) is 0 Å². The Balaban J connectivity index is 1.52. The highest BCUT2D eigenvalue weighted by Crippen LogP contribution is 2.30. The van der Waals surface area contributed by atoms with E-state index < -0.39 is 0 Å². The number of carbonyl (C=O) groups excluding carboxylic acids is 1. The number of amides is 1. The fourth-order valence-electron chi connectivity index (χ4n) is 3.21. The van der Waals surface area contributed by atoms with Gasteiger partial charge >= 0.3 is 0 Å². The second kappa shape index (κ2) is 10.6. The smallest absolute Gasteiger partial charge is 0.230 e. The number of hydrogen-bond acceptors (Lipinski definition) is 5. The van der Waals surface area contributed by atoms with Gasteiger partial charge in [-0.2, -0.15) is 0 Å². The third kappa shape index (κ3) is 5.97. The molecule has 1 amide bonds. The first-order valence-corrected chi connectivity index (χ1v) is 11.9. The molecule has 1 aromatic heterocycles. The van der Waals surface area contributed by atoms with E-state index in [1.807, 2.05) is 80.6 Å². The van der Waals surface area contributed by atoms with E-state index in [0.717, 1.165) is 22.4 Å². The first-order chi connectivity index (χ1) is 16.0. The molecule has 0 fully saturated rings. The number of hydrogen-bond donors (Lipinski definition) is 1. The number of rotatable bonds is 7. The highest BCUT2D eigenvalue weighted by atomic mass is 35.5. The lowest BCUT2D eigenvalue weighted by Crippen LogP contribution is -2.24. The van der Waals surface area contributed by atoms with E-state index in [1.54, 1.807) is 6.07 Å². The summed E-state index contributed by atoms with van der Waals surface area (Å²) in [5, 5.41) is 12.7. The maximum absolute atomic E-state index is 12.4. The molecule has 0 aliphatic carbocycles. The molecule has 1 heterocycles. The molecule has 0 radical (unpaired) electrons. The lowest BCUT2D eigenvalue weighted by Gasteiger charge is -2.10. The van der Waals surface area contributed by atoms with Gasteiger partial charge in [0.1, 0.15) is 11.4 Å². The lowest BCUT2D eigenvalue weighted by molar-refractivity contribution is -0.118. The summed E-state index contributed by atoms with van der Waals surface area (Å²) in [6.45, 7) is 4.47. The zero-order valence-corrected chi connectivity index (χ0v) is 20.0. The minimum absolute atomic E-state index is 0.122. The Labute approximate surface area is 202 Å². The van der Waals surface area contributed by atoms with Crippen molar-refractivity contribution >= 4 is 29.3 Å². The molecule has 0 aliphatic rings. The second-order valence-electron chi connectivity index (χ2n) is 7.68. The van der Waals surface area contributed by atoms with Gasteiger partial charge in [0, 0.05) is 22.7 Å². The van der Waals surface area contributed by atoms with Gasteiger partial charge in [0.2, 0.25) is 11.1 Å². The normalized spacial score (nSPS) is 10.8. The van der Waals surface area contributed by atoms with Crippen molar-refractivity contribution in [1.82, 2.24) is 20.5 Å². The van der Waals surface area contributed by atoms with Crippen LogP contribution in [0.3, 0.4) is 0 Å². The van der Waals surface area contributed by atoms with Crippen molar-refractivity contribution in [2.45, 2.75) is 25.5 Å². The fraction of sp³-hybridized carbons (Fsp3) is 0.154. The van der Waals surface area contributed by atoms with Crippen molar-refractivity contribution < 1.29 is 4.79 Å². The molecule has 0 aliphatic heterocycles. The van der Waals surface area contributed by atoms with Crippen LogP contribution in [0.1, 0.15) is 16.7 Å². The van der Waals surface area contributed by atoms with Crippen molar-refractivity contribution in [2.24, 2.45) is 0 Å². The Bertz CT molecular complexity index is 1260. The second-order valence-corrected chi connectivity index (χ2v) is 9.03. The molecular weight excluding hydrogens is 452 g/mol. The topological polar surface area (TPSA) is 67.8 Å². The Morgan fingerprint density at radius 1 is 0.848 bits per heavy atom. The Morgan fingerprint density at radius 3 is 2.09 bits per heavy atom. The van der Waals surface area contributed by atoms with Crippen LogP contribution in [0.25, 0.3) is 22.5 Å². The van der Waals surface area contributed by atoms with Crippen LogP contribution < -0.4 is 5.32 Å². The third-order valence-electron chi connectivity index (χ3n) is 5.08. The van der Waals surface area contributed by atoms with Gasteiger partial charge < -0.3 is 5.32 Å². The van der Waals surface area contributed by atoms with Gasteiger partial charge in [-0.25, -0.2) is 4.98 Å². The number of thioether (sulfide) groups is 1. The average molecular weight is 475 g/mol. The summed E-state index contributed by atoms with van der Waals surface area (Å²) < 4.78 is 0. The molecule has 3 aromatic carbocycles. The standard InChI is InChI=1S/C26H23ClN4OS/c1-17-7-11-19(12-8-17)24-25(20-13-9-18(2)10-14-20)30-31-26(29-24)33-16-23(32)28-15-21-5-3-4-6-22(21)27/h3-14H,15-16H2,1-2H3,(H,28,32). The molecule has 0 atom stereocenters. The van der Waals surface area contributed by atoms with Crippen LogP contribution >= 0.6 is 23.4 Å². The predicted octanol–water partition coefficient (Wildman–Crippen LogP) is 5.88. The van der Waals surface area contributed by atoms with Crippen molar-refractivity contribution in [3.63, 3.8) is 0 Å². The molecule has 0 saturated heterocycles. The molecular formula is C26H23ClN4OS. The molecule has 0 bridgehead atoms. The molecule has 166 valence electrons. The summed E-state index contributed by atoms with van der Waals surface area (Å²) in [5.74, 6) is 0.0617. The molecule has 0 saturated carbocycles. The van der Waals surface area contributed by atoms with E-state index >= 15 is 0 Å². The number of benzene rings is 3. The Hall–Kier alpha value is -3.22. The van der Waals surface area contributed by atoms with Crippen molar-refractivity contribution in [3.05, 3.63) is 94.5 Å². The quantitative estimate of drug-likeness (QED) is 0.338. The minimum atomic E-state index is -0.122. The van der Waals surface area contributed by atoms with E-state index in [1.165, 1.54) is 22.9 Å². The number of carbonyl (C=O) groups is 1. The first kappa shape index (κ1) is 23.0. The number of aryl methyl sites for hydroxylation is 2.